The summed E-state index contributed by atoms with van der Waals surface area (Å²) in [5.74, 6) is 6.07. The van der Waals surface area contributed by atoms with Crippen LogP contribution in [0.3, 0.4) is 0 Å². The quantitative estimate of drug-likeness (QED) is 0.844. The van der Waals surface area contributed by atoms with Gasteiger partial charge in [-0.2, -0.15) is 0 Å². The van der Waals surface area contributed by atoms with Gasteiger partial charge in [-0.25, -0.2) is 0 Å². The molecule has 0 bridgehead atoms. The molecule has 5 heteroatoms. The number of aliphatic hydroxyl groups is 1. The summed E-state index contributed by atoms with van der Waals surface area (Å²) < 4.78 is 0. The average Bonchev–Trinajstić information content (AvgIpc) is 2.80. The molecule has 1 unspecified atom stereocenters. The first kappa shape index (κ1) is 16.0. The van der Waals surface area contributed by atoms with Crippen LogP contribution in [0.1, 0.15) is 33.5 Å². The minimum atomic E-state index is 0.0714. The van der Waals surface area contributed by atoms with Gasteiger partial charge in [-0.05, 0) is 32.5 Å². The van der Waals surface area contributed by atoms with E-state index < -0.39 is 0 Å². The normalized spacial score (nSPS) is 19.2. The summed E-state index contributed by atoms with van der Waals surface area (Å²) in [6.45, 7) is 6.75. The number of hydrogen-bond donors (Lipinski definition) is 1. The number of piperazine rings is 1. The van der Waals surface area contributed by atoms with Crippen molar-refractivity contribution in [1.82, 2.24) is 9.80 Å². The van der Waals surface area contributed by atoms with E-state index in [1.165, 1.54) is 11.3 Å². The van der Waals surface area contributed by atoms with Gasteiger partial charge in [0, 0.05) is 32.1 Å². The van der Waals surface area contributed by atoms with E-state index >= 15 is 0 Å². The lowest BCUT2D eigenvalue weighted by molar-refractivity contribution is 0.0538. The highest BCUT2D eigenvalue weighted by Gasteiger charge is 2.27. The molecule has 1 atom stereocenters. The van der Waals surface area contributed by atoms with Crippen molar-refractivity contribution in [2.24, 2.45) is 0 Å². The first-order valence-electron chi connectivity index (χ1n) is 7.22. The summed E-state index contributed by atoms with van der Waals surface area (Å²) in [7, 11) is 2.09. The lowest BCUT2D eigenvalue weighted by atomic mass is 10.2. The minimum Gasteiger partial charge on any atom is -0.395 e. The Hall–Kier alpha value is -1.35. The van der Waals surface area contributed by atoms with Gasteiger partial charge in [0.05, 0.1) is 16.4 Å². The van der Waals surface area contributed by atoms with Crippen molar-refractivity contribution >= 4 is 17.2 Å². The molecule has 114 valence electrons. The molecule has 1 fully saturated rings. The summed E-state index contributed by atoms with van der Waals surface area (Å²) in [5.41, 5.74) is 1.04. The monoisotopic (exact) mass is 306 g/mol. The number of likely N-dealkylation sites (N-methyl/N-ethyl adjacent to an activating group) is 1. The van der Waals surface area contributed by atoms with Crippen LogP contribution in [0.5, 0.6) is 0 Å². The van der Waals surface area contributed by atoms with Crippen molar-refractivity contribution in [3.63, 3.8) is 0 Å². The van der Waals surface area contributed by atoms with Crippen molar-refractivity contribution in [2.75, 3.05) is 33.3 Å². The first-order valence-corrected chi connectivity index (χ1v) is 8.04. The van der Waals surface area contributed by atoms with Crippen molar-refractivity contribution < 1.29 is 9.90 Å². The lowest BCUT2D eigenvalue weighted by Gasteiger charge is -2.38. The largest absolute Gasteiger partial charge is 0.395 e. The van der Waals surface area contributed by atoms with E-state index in [4.69, 9.17) is 5.11 Å². The molecule has 2 rings (SSSR count). The maximum atomic E-state index is 12.6. The number of rotatable bonds is 2. The number of nitrogens with zero attached hydrogens (tertiary/aromatic N) is 2. The van der Waals surface area contributed by atoms with E-state index in [-0.39, 0.29) is 18.6 Å². The van der Waals surface area contributed by atoms with Crippen LogP contribution in [0.4, 0.5) is 0 Å². The highest BCUT2D eigenvalue weighted by molar-refractivity contribution is 7.14. The molecule has 4 nitrogen and oxygen atoms in total. The molecule has 1 aromatic rings. The Morgan fingerprint density at radius 1 is 1.52 bits per heavy atom. The third kappa shape index (κ3) is 3.85. The molecule has 1 saturated heterocycles. The maximum Gasteiger partial charge on any atom is 0.264 e. The second-order valence-corrected chi connectivity index (χ2v) is 6.56. The number of thiophene rings is 1. The Balaban J connectivity index is 2.13. The zero-order chi connectivity index (χ0) is 15.4. The molecule has 21 heavy (non-hydrogen) atoms. The fourth-order valence-electron chi connectivity index (χ4n) is 2.49. The van der Waals surface area contributed by atoms with Gasteiger partial charge in [0.15, 0.2) is 0 Å². The highest BCUT2D eigenvalue weighted by atomic mass is 32.1. The third-order valence-corrected chi connectivity index (χ3v) is 4.80. The minimum absolute atomic E-state index is 0.0714. The predicted molar refractivity (Wildman–Crippen MR) is 85.6 cm³/mol. The van der Waals surface area contributed by atoms with Gasteiger partial charge in [0.2, 0.25) is 0 Å². The molecule has 2 heterocycles. The van der Waals surface area contributed by atoms with E-state index in [1.807, 2.05) is 17.9 Å². The van der Waals surface area contributed by atoms with Gasteiger partial charge < -0.3 is 14.9 Å². The van der Waals surface area contributed by atoms with Crippen LogP contribution in [0.2, 0.25) is 0 Å². The van der Waals surface area contributed by atoms with Gasteiger partial charge >= 0.3 is 0 Å². The Labute approximate surface area is 130 Å². The van der Waals surface area contributed by atoms with Gasteiger partial charge in [0.25, 0.3) is 5.91 Å². The second-order valence-electron chi connectivity index (χ2n) is 5.51. The number of aliphatic hydroxyl groups excluding tert-OH is 1. The Morgan fingerprint density at radius 2 is 2.29 bits per heavy atom. The van der Waals surface area contributed by atoms with Gasteiger partial charge in [-0.1, -0.05) is 11.8 Å². The lowest BCUT2D eigenvalue weighted by Crippen LogP contribution is -2.52. The molecular formula is C16H22N2O2S. The zero-order valence-corrected chi connectivity index (χ0v) is 13.7. The summed E-state index contributed by atoms with van der Waals surface area (Å²) in [6, 6.07) is 2.17. The molecule has 1 N–H and O–H groups in total. The third-order valence-electron chi connectivity index (χ3n) is 3.66. The first-order chi connectivity index (χ1) is 10.0. The average molecular weight is 306 g/mol. The number of amides is 1. The van der Waals surface area contributed by atoms with Crippen LogP contribution in [-0.2, 0) is 0 Å². The van der Waals surface area contributed by atoms with E-state index in [2.05, 4.69) is 30.7 Å². The SMILES string of the molecule is Cc1cc(C(=O)N2CCN(C)CC2C)sc1C#CCCO. The van der Waals surface area contributed by atoms with Crippen LogP contribution in [0.25, 0.3) is 0 Å². The number of carbonyl (C=O) groups is 1. The van der Waals surface area contributed by atoms with Crippen molar-refractivity contribution in [1.29, 1.82) is 0 Å². The van der Waals surface area contributed by atoms with Crippen LogP contribution >= 0.6 is 11.3 Å². The molecule has 1 amide bonds. The van der Waals surface area contributed by atoms with E-state index in [0.717, 1.165) is 35.0 Å². The summed E-state index contributed by atoms with van der Waals surface area (Å²) in [4.78, 5) is 18.5. The maximum absolute atomic E-state index is 12.6. The van der Waals surface area contributed by atoms with Crippen LogP contribution in [-0.4, -0.2) is 60.1 Å². The molecule has 0 aromatic carbocycles. The Kier molecular flexibility index (Phi) is 5.40. The molecular weight excluding hydrogens is 284 g/mol. The van der Waals surface area contributed by atoms with E-state index in [1.54, 1.807) is 0 Å². The van der Waals surface area contributed by atoms with Gasteiger partial charge in [-0.15, -0.1) is 11.3 Å². The predicted octanol–water partition coefficient (Wildman–Crippen LogP) is 1.57. The molecule has 1 aliphatic heterocycles. The van der Waals surface area contributed by atoms with Crippen LogP contribution in [0.15, 0.2) is 6.07 Å². The summed E-state index contributed by atoms with van der Waals surface area (Å²) >= 11 is 1.45. The smallest absolute Gasteiger partial charge is 0.264 e. The second kappa shape index (κ2) is 7.08. The van der Waals surface area contributed by atoms with Crippen molar-refractivity contribution in [3.05, 3.63) is 21.4 Å². The molecule has 0 radical (unpaired) electrons. The molecule has 0 spiro atoms. The van der Waals surface area contributed by atoms with E-state index in [9.17, 15) is 4.79 Å². The van der Waals surface area contributed by atoms with Crippen LogP contribution < -0.4 is 0 Å². The molecule has 0 saturated carbocycles. The topological polar surface area (TPSA) is 43.8 Å². The highest BCUT2D eigenvalue weighted by Crippen LogP contribution is 2.24. The molecule has 0 aliphatic carbocycles. The number of hydrogen-bond acceptors (Lipinski definition) is 4. The Bertz CT molecular complexity index is 571. The van der Waals surface area contributed by atoms with Crippen molar-refractivity contribution in [2.45, 2.75) is 26.3 Å². The van der Waals surface area contributed by atoms with E-state index in [0.29, 0.717) is 6.42 Å². The number of carbonyl (C=O) groups excluding carboxylic acids is 1. The fraction of sp³-hybridized carbons (Fsp3) is 0.562. The fourth-order valence-corrected chi connectivity index (χ4v) is 3.50. The summed E-state index contributed by atoms with van der Waals surface area (Å²) in [6.07, 6.45) is 0.468. The van der Waals surface area contributed by atoms with Crippen molar-refractivity contribution in [3.8, 4) is 11.8 Å². The number of aryl methyl sites for hydroxylation is 1. The molecule has 1 aromatic heterocycles. The van der Waals surface area contributed by atoms with Crippen LogP contribution in [0, 0.1) is 18.8 Å². The standard InChI is InChI=1S/C16H22N2O2S/c1-12-10-15(21-14(12)6-4-5-9-19)16(20)18-8-7-17(3)11-13(18)2/h10,13,19H,5,7-9,11H2,1-3H3. The zero-order valence-electron chi connectivity index (χ0n) is 12.8. The Morgan fingerprint density at radius 3 is 2.95 bits per heavy atom. The van der Waals surface area contributed by atoms with Gasteiger partial charge in [-0.3, -0.25) is 4.79 Å². The summed E-state index contributed by atoms with van der Waals surface area (Å²) in [5, 5.41) is 8.76. The van der Waals surface area contributed by atoms with Gasteiger partial charge in [0.1, 0.15) is 0 Å². The molecule has 1 aliphatic rings.